The van der Waals surface area contributed by atoms with Crippen LogP contribution in [0.2, 0.25) is 0 Å². The van der Waals surface area contributed by atoms with E-state index in [1.54, 1.807) is 0 Å². The summed E-state index contributed by atoms with van der Waals surface area (Å²) in [5.41, 5.74) is -1.24. The first-order valence-electron chi connectivity index (χ1n) is 5.82. The molecule has 0 amide bonds. The Kier molecular flexibility index (Phi) is 6.51. The van der Waals surface area contributed by atoms with E-state index in [2.05, 4.69) is 14.2 Å². The van der Waals surface area contributed by atoms with Crippen molar-refractivity contribution in [2.45, 2.75) is 0 Å². The molecule has 0 saturated heterocycles. The number of hydrogen-bond acceptors (Lipinski definition) is 9. The van der Waals surface area contributed by atoms with Crippen LogP contribution < -0.4 is 5.32 Å². The van der Waals surface area contributed by atoms with Crippen LogP contribution in [0.15, 0.2) is 18.2 Å². The number of anilines is 1. The first-order valence-corrected chi connectivity index (χ1v) is 8.85. The number of phosphoric ester groups is 1. The second-order valence-electron chi connectivity index (χ2n) is 4.02. The maximum Gasteiger partial charge on any atom is 0.481 e. The lowest BCUT2D eigenvalue weighted by Gasteiger charge is -2.13. The van der Waals surface area contributed by atoms with Gasteiger partial charge in [-0.15, -0.1) is 0 Å². The van der Waals surface area contributed by atoms with Crippen LogP contribution in [0.1, 0.15) is 0 Å². The van der Waals surface area contributed by atoms with Crippen molar-refractivity contribution in [3.8, 4) is 0 Å². The van der Waals surface area contributed by atoms with E-state index in [1.165, 1.54) is 0 Å². The number of non-ortho nitro benzene ring substituents is 1. The minimum Gasteiger partial charge on any atom is -0.377 e. The topological polar surface area (TPSA) is 212 Å². The molecule has 0 bridgehead atoms. The Bertz CT molecular complexity index is 732. The van der Waals surface area contributed by atoms with Crippen LogP contribution >= 0.6 is 15.6 Å². The monoisotopic (exact) mass is 387 g/mol. The molecular weight excluding hydrogens is 376 g/mol. The van der Waals surface area contributed by atoms with E-state index in [9.17, 15) is 29.4 Å². The summed E-state index contributed by atoms with van der Waals surface area (Å²) in [5, 5.41) is 23.9. The molecule has 24 heavy (non-hydrogen) atoms. The highest BCUT2D eigenvalue weighted by Gasteiger charge is 2.32. The van der Waals surface area contributed by atoms with Gasteiger partial charge in [0.1, 0.15) is 5.69 Å². The predicted molar refractivity (Wildman–Crippen MR) is 77.1 cm³/mol. The van der Waals surface area contributed by atoms with Crippen molar-refractivity contribution < 1.29 is 42.5 Å². The van der Waals surface area contributed by atoms with E-state index < -0.39 is 43.5 Å². The molecule has 0 spiro atoms. The van der Waals surface area contributed by atoms with Crippen LogP contribution in [0.25, 0.3) is 0 Å². The van der Waals surface area contributed by atoms with Gasteiger partial charge in [-0.25, -0.2) is 9.13 Å². The smallest absolute Gasteiger partial charge is 0.377 e. The molecule has 0 aliphatic heterocycles. The molecule has 1 atom stereocenters. The maximum absolute atomic E-state index is 11.1. The maximum atomic E-state index is 11.1. The first-order chi connectivity index (χ1) is 10.9. The van der Waals surface area contributed by atoms with Gasteiger partial charge in [0, 0.05) is 12.6 Å². The molecule has 14 nitrogen and oxygen atoms in total. The SMILES string of the molecule is O=[N+]([O-])c1ccc(NCCOP(=O)(O)OP(=O)(O)O)c([N+](=O)[O-])c1. The van der Waals surface area contributed by atoms with Gasteiger partial charge in [-0.1, -0.05) is 0 Å². The fourth-order valence-electron chi connectivity index (χ4n) is 1.44. The Labute approximate surface area is 133 Å². The Hall–Kier alpha value is -1.92. The molecule has 0 radical (unpaired) electrons. The molecule has 1 aromatic rings. The zero-order chi connectivity index (χ0) is 18.5. The van der Waals surface area contributed by atoms with Gasteiger partial charge in [0.2, 0.25) is 0 Å². The highest BCUT2D eigenvalue weighted by molar-refractivity contribution is 7.60. The summed E-state index contributed by atoms with van der Waals surface area (Å²) < 4.78 is 29.3. The fourth-order valence-corrected chi connectivity index (χ4v) is 3.02. The zero-order valence-electron chi connectivity index (χ0n) is 11.5. The van der Waals surface area contributed by atoms with Gasteiger partial charge >= 0.3 is 15.6 Å². The number of nitrogens with zero attached hydrogens (tertiary/aromatic N) is 2. The lowest BCUT2D eigenvalue weighted by molar-refractivity contribution is -0.393. The summed E-state index contributed by atoms with van der Waals surface area (Å²) in [4.78, 5) is 45.5. The van der Waals surface area contributed by atoms with Gasteiger partial charge in [-0.2, -0.15) is 4.31 Å². The van der Waals surface area contributed by atoms with Crippen LogP contribution in [-0.4, -0.2) is 37.7 Å². The number of rotatable bonds is 9. The molecule has 0 saturated carbocycles. The van der Waals surface area contributed by atoms with Gasteiger partial charge in [0.25, 0.3) is 11.4 Å². The molecule has 1 aromatic carbocycles. The van der Waals surface area contributed by atoms with Gasteiger partial charge in [-0.3, -0.25) is 24.8 Å². The summed E-state index contributed by atoms with van der Waals surface area (Å²) in [6.45, 7) is -0.907. The third-order valence-electron chi connectivity index (χ3n) is 2.27. The molecule has 1 unspecified atom stereocenters. The molecule has 0 aromatic heterocycles. The van der Waals surface area contributed by atoms with E-state index >= 15 is 0 Å². The molecule has 0 fully saturated rings. The van der Waals surface area contributed by atoms with E-state index in [1.807, 2.05) is 0 Å². The van der Waals surface area contributed by atoms with E-state index in [4.69, 9.17) is 14.7 Å². The summed E-state index contributed by atoms with van der Waals surface area (Å²) in [7, 11) is -10.3. The third-order valence-corrected chi connectivity index (χ3v) is 4.46. The predicted octanol–water partition coefficient (Wildman–Crippen LogP) is 1.14. The standard InChI is InChI=1S/C8H11N3O11P2/c12-10(13)6-1-2-7(8(5-6)11(14)15)9-3-4-21-24(19,20)22-23(16,17)18/h1-2,5,9H,3-4H2,(H,19,20)(H2,16,17,18). The van der Waals surface area contributed by atoms with Crippen LogP contribution in [-0.2, 0) is 18.0 Å². The number of nitro benzene ring substituents is 2. The number of benzene rings is 1. The van der Waals surface area contributed by atoms with Crippen molar-refractivity contribution in [1.29, 1.82) is 0 Å². The van der Waals surface area contributed by atoms with Crippen molar-refractivity contribution in [2.75, 3.05) is 18.5 Å². The van der Waals surface area contributed by atoms with Gasteiger partial charge < -0.3 is 20.0 Å². The summed E-state index contributed by atoms with van der Waals surface area (Å²) in [6, 6.07) is 2.78. The second-order valence-corrected chi connectivity index (χ2v) is 6.85. The average molecular weight is 387 g/mol. The van der Waals surface area contributed by atoms with E-state index in [-0.39, 0.29) is 12.2 Å². The molecule has 16 heteroatoms. The molecular formula is C8H11N3O11P2. The number of nitro groups is 2. The third kappa shape index (κ3) is 6.68. The van der Waals surface area contributed by atoms with Gasteiger partial charge in [0.05, 0.1) is 22.5 Å². The van der Waals surface area contributed by atoms with Gasteiger partial charge in [0.15, 0.2) is 0 Å². The van der Waals surface area contributed by atoms with Crippen molar-refractivity contribution in [2.24, 2.45) is 0 Å². The lowest BCUT2D eigenvalue weighted by Crippen LogP contribution is -2.10. The highest BCUT2D eigenvalue weighted by Crippen LogP contribution is 2.57. The molecule has 0 aliphatic rings. The lowest BCUT2D eigenvalue weighted by atomic mass is 10.2. The largest absolute Gasteiger partial charge is 0.481 e. The first kappa shape index (κ1) is 20.1. The molecule has 134 valence electrons. The van der Waals surface area contributed by atoms with Crippen molar-refractivity contribution in [1.82, 2.24) is 0 Å². The Morgan fingerprint density at radius 3 is 2.25 bits per heavy atom. The fraction of sp³-hybridized carbons (Fsp3) is 0.250. The van der Waals surface area contributed by atoms with E-state index in [0.29, 0.717) is 0 Å². The zero-order valence-corrected chi connectivity index (χ0v) is 13.3. The van der Waals surface area contributed by atoms with Crippen molar-refractivity contribution in [3.63, 3.8) is 0 Å². The minimum atomic E-state index is -5.24. The molecule has 0 aliphatic carbocycles. The second kappa shape index (κ2) is 7.77. The summed E-state index contributed by atoms with van der Waals surface area (Å²) in [6.07, 6.45) is 0. The normalized spacial score (nSPS) is 14.0. The number of nitrogens with one attached hydrogen (secondary N) is 1. The number of hydrogen-bond donors (Lipinski definition) is 4. The summed E-state index contributed by atoms with van der Waals surface area (Å²) in [5.74, 6) is 0. The van der Waals surface area contributed by atoms with Crippen molar-refractivity contribution in [3.05, 3.63) is 38.4 Å². The Morgan fingerprint density at radius 2 is 1.75 bits per heavy atom. The Balaban J connectivity index is 2.68. The van der Waals surface area contributed by atoms with Crippen LogP contribution in [0.4, 0.5) is 17.1 Å². The van der Waals surface area contributed by atoms with Crippen LogP contribution in [0.5, 0.6) is 0 Å². The highest BCUT2D eigenvalue weighted by atomic mass is 31.3. The van der Waals surface area contributed by atoms with Crippen LogP contribution in [0.3, 0.4) is 0 Å². The van der Waals surface area contributed by atoms with Crippen LogP contribution in [0, 0.1) is 20.2 Å². The quantitative estimate of drug-likeness (QED) is 0.203. The minimum absolute atomic E-state index is 0.127. The van der Waals surface area contributed by atoms with Crippen molar-refractivity contribution >= 4 is 32.7 Å². The summed E-state index contributed by atoms with van der Waals surface area (Å²) >= 11 is 0. The molecule has 4 N–H and O–H groups in total. The Morgan fingerprint density at radius 1 is 1.12 bits per heavy atom. The molecule has 1 rings (SSSR count). The number of phosphoric acid groups is 2. The van der Waals surface area contributed by atoms with E-state index in [0.717, 1.165) is 18.2 Å². The average Bonchev–Trinajstić information content (AvgIpc) is 2.40. The molecule has 0 heterocycles. The van der Waals surface area contributed by atoms with Gasteiger partial charge in [-0.05, 0) is 6.07 Å².